The van der Waals surface area contributed by atoms with Gasteiger partial charge in [0.15, 0.2) is 5.03 Å². The van der Waals surface area contributed by atoms with Crippen molar-refractivity contribution in [3.05, 3.63) is 41.6 Å². The first-order chi connectivity index (χ1) is 10.8. The summed E-state index contributed by atoms with van der Waals surface area (Å²) >= 11 is 0. The van der Waals surface area contributed by atoms with Crippen molar-refractivity contribution in [3.63, 3.8) is 0 Å². The maximum absolute atomic E-state index is 13.2. The Labute approximate surface area is 135 Å². The molecule has 0 unspecified atom stereocenters. The third kappa shape index (κ3) is 3.53. The Bertz CT molecular complexity index is 800. The topological polar surface area (TPSA) is 87.2 Å². The minimum absolute atomic E-state index is 0.0280. The minimum atomic E-state index is -4.16. The fourth-order valence-electron chi connectivity index (χ4n) is 2.31. The summed E-state index contributed by atoms with van der Waals surface area (Å²) in [5.41, 5.74) is 6.05. The Morgan fingerprint density at radius 2 is 2.09 bits per heavy atom. The summed E-state index contributed by atoms with van der Waals surface area (Å²) in [7, 11) is -4.16. The van der Waals surface area contributed by atoms with Crippen LogP contribution in [0.4, 0.5) is 4.39 Å². The van der Waals surface area contributed by atoms with E-state index in [9.17, 15) is 12.8 Å². The third-order valence-electron chi connectivity index (χ3n) is 3.31. The number of nitrogens with two attached hydrogens (primary N) is 1. The molecule has 6 nitrogen and oxygen atoms in total. The molecule has 0 amide bonds. The van der Waals surface area contributed by atoms with E-state index in [1.807, 2.05) is 13.8 Å². The number of imidazole rings is 1. The Balaban J connectivity index is 2.56. The number of hydrogen-bond acceptors (Lipinski definition) is 5. The first-order valence-electron chi connectivity index (χ1n) is 7.29. The Kier molecular flexibility index (Phi) is 5.06. The molecule has 0 spiro atoms. The molecule has 2 N–H and O–H groups in total. The molecule has 0 aliphatic carbocycles. The number of hydrogen-bond donors (Lipinski definition) is 1. The molecule has 0 saturated carbocycles. The molecule has 0 fully saturated rings. The Morgan fingerprint density at radius 1 is 1.39 bits per heavy atom. The van der Waals surface area contributed by atoms with Gasteiger partial charge in [0.25, 0.3) is 0 Å². The van der Waals surface area contributed by atoms with Crippen LogP contribution in [0.2, 0.25) is 0 Å². The molecule has 0 atom stereocenters. The van der Waals surface area contributed by atoms with E-state index in [1.165, 1.54) is 22.8 Å². The van der Waals surface area contributed by atoms with Crippen LogP contribution in [0.3, 0.4) is 0 Å². The molecular formula is C15H20FN3O3S. The van der Waals surface area contributed by atoms with Crippen molar-refractivity contribution in [2.75, 3.05) is 0 Å². The van der Waals surface area contributed by atoms with Crippen LogP contribution in [-0.2, 0) is 23.2 Å². The van der Waals surface area contributed by atoms with Gasteiger partial charge in [0.2, 0.25) is 0 Å². The summed E-state index contributed by atoms with van der Waals surface area (Å²) in [6.07, 6.45) is 0. The molecule has 126 valence electrons. The quantitative estimate of drug-likeness (QED) is 0.815. The van der Waals surface area contributed by atoms with Crippen LogP contribution in [0.5, 0.6) is 5.75 Å². The first kappa shape index (κ1) is 17.4. The van der Waals surface area contributed by atoms with Crippen LogP contribution in [0.1, 0.15) is 38.2 Å². The van der Waals surface area contributed by atoms with Gasteiger partial charge >= 0.3 is 10.1 Å². The monoisotopic (exact) mass is 341 g/mol. The zero-order valence-electron chi connectivity index (χ0n) is 13.3. The zero-order valence-corrected chi connectivity index (χ0v) is 14.1. The van der Waals surface area contributed by atoms with E-state index in [4.69, 9.17) is 9.92 Å². The van der Waals surface area contributed by atoms with Crippen molar-refractivity contribution in [2.24, 2.45) is 5.73 Å². The van der Waals surface area contributed by atoms with Gasteiger partial charge in [-0.15, -0.1) is 0 Å². The Morgan fingerprint density at radius 3 is 2.61 bits per heavy atom. The van der Waals surface area contributed by atoms with E-state index < -0.39 is 15.9 Å². The summed E-state index contributed by atoms with van der Waals surface area (Å²) in [5, 5.41) is -0.0280. The van der Waals surface area contributed by atoms with Gasteiger partial charge in [-0.1, -0.05) is 19.9 Å². The maximum atomic E-state index is 13.2. The van der Waals surface area contributed by atoms with Gasteiger partial charge < -0.3 is 14.5 Å². The van der Waals surface area contributed by atoms with Gasteiger partial charge in [0, 0.05) is 12.6 Å². The number of aromatic nitrogens is 2. The lowest BCUT2D eigenvalue weighted by molar-refractivity contribution is 0.467. The largest absolute Gasteiger partial charge is 0.378 e. The van der Waals surface area contributed by atoms with Gasteiger partial charge in [-0.3, -0.25) is 0 Å². The van der Waals surface area contributed by atoms with E-state index in [1.54, 1.807) is 6.92 Å². The van der Waals surface area contributed by atoms with E-state index in [0.29, 0.717) is 18.1 Å². The van der Waals surface area contributed by atoms with Gasteiger partial charge in [0.1, 0.15) is 17.4 Å². The highest BCUT2D eigenvalue weighted by Gasteiger charge is 2.30. The predicted molar refractivity (Wildman–Crippen MR) is 84.1 cm³/mol. The van der Waals surface area contributed by atoms with Gasteiger partial charge in [-0.25, -0.2) is 9.37 Å². The van der Waals surface area contributed by atoms with E-state index in [-0.39, 0.29) is 23.2 Å². The lowest BCUT2D eigenvalue weighted by Crippen LogP contribution is -2.18. The van der Waals surface area contributed by atoms with Crippen LogP contribution in [0.15, 0.2) is 29.3 Å². The molecule has 8 heteroatoms. The van der Waals surface area contributed by atoms with E-state index >= 15 is 0 Å². The first-order valence-corrected chi connectivity index (χ1v) is 8.70. The van der Waals surface area contributed by atoms with Crippen LogP contribution in [-0.4, -0.2) is 18.0 Å². The fraction of sp³-hybridized carbons (Fsp3) is 0.400. The second kappa shape index (κ2) is 6.67. The zero-order chi connectivity index (χ0) is 17.2. The predicted octanol–water partition coefficient (Wildman–Crippen LogP) is 2.39. The SMILES string of the molecule is CCn1c(CN)nc(C(C)C)c1S(=O)(=O)Oc1cccc(F)c1. The average molecular weight is 341 g/mol. The summed E-state index contributed by atoms with van der Waals surface area (Å²) in [5.74, 6) is -0.321. The summed E-state index contributed by atoms with van der Waals surface area (Å²) < 4.78 is 45.3. The summed E-state index contributed by atoms with van der Waals surface area (Å²) in [6, 6.07) is 4.99. The van der Waals surface area contributed by atoms with Crippen molar-refractivity contribution in [2.45, 2.75) is 44.8 Å². The second-order valence-corrected chi connectivity index (χ2v) is 6.78. The molecule has 1 aromatic carbocycles. The van der Waals surface area contributed by atoms with Crippen molar-refractivity contribution in [3.8, 4) is 5.75 Å². The van der Waals surface area contributed by atoms with Crippen LogP contribution < -0.4 is 9.92 Å². The van der Waals surface area contributed by atoms with E-state index in [2.05, 4.69) is 4.98 Å². The minimum Gasteiger partial charge on any atom is -0.378 e. The smallest absolute Gasteiger partial charge is 0.357 e. The Hall–Kier alpha value is -1.93. The fourth-order valence-corrected chi connectivity index (χ4v) is 3.79. The molecule has 0 radical (unpaired) electrons. The van der Waals surface area contributed by atoms with E-state index in [0.717, 1.165) is 6.07 Å². The number of nitrogens with zero attached hydrogens (tertiary/aromatic N) is 2. The molecule has 1 heterocycles. The van der Waals surface area contributed by atoms with Crippen LogP contribution in [0, 0.1) is 5.82 Å². The van der Waals surface area contributed by atoms with Crippen LogP contribution >= 0.6 is 0 Å². The molecule has 0 saturated heterocycles. The molecule has 1 aromatic heterocycles. The highest BCUT2D eigenvalue weighted by atomic mass is 32.2. The molecule has 2 aromatic rings. The van der Waals surface area contributed by atoms with Gasteiger partial charge in [-0.05, 0) is 25.0 Å². The van der Waals surface area contributed by atoms with Gasteiger partial charge in [-0.2, -0.15) is 8.42 Å². The van der Waals surface area contributed by atoms with Crippen molar-refractivity contribution in [1.82, 2.24) is 9.55 Å². The lowest BCUT2D eigenvalue weighted by Gasteiger charge is -2.12. The maximum Gasteiger partial charge on any atom is 0.357 e. The average Bonchev–Trinajstić information content (AvgIpc) is 2.86. The van der Waals surface area contributed by atoms with Crippen molar-refractivity contribution < 1.29 is 17.0 Å². The van der Waals surface area contributed by atoms with Crippen LogP contribution in [0.25, 0.3) is 0 Å². The molecule has 0 aliphatic heterocycles. The lowest BCUT2D eigenvalue weighted by atomic mass is 10.1. The summed E-state index contributed by atoms with van der Waals surface area (Å²) in [6.45, 7) is 5.97. The number of rotatable bonds is 6. The molecule has 0 bridgehead atoms. The second-order valence-electron chi connectivity index (χ2n) is 5.32. The van der Waals surface area contributed by atoms with Crippen molar-refractivity contribution in [1.29, 1.82) is 0 Å². The molecule has 0 aliphatic rings. The normalized spacial score (nSPS) is 11.9. The standard InChI is InChI=1S/C15H20FN3O3S/c1-4-19-13(9-17)18-14(10(2)3)15(19)23(20,21)22-12-7-5-6-11(16)8-12/h5-8,10H,4,9,17H2,1-3H3. The highest BCUT2D eigenvalue weighted by Crippen LogP contribution is 2.28. The number of halogens is 1. The van der Waals surface area contributed by atoms with Crippen molar-refractivity contribution >= 4 is 10.1 Å². The third-order valence-corrected chi connectivity index (χ3v) is 4.62. The molecule has 2 rings (SSSR count). The van der Waals surface area contributed by atoms with Gasteiger partial charge in [0.05, 0.1) is 12.2 Å². The number of benzene rings is 1. The molecule has 23 heavy (non-hydrogen) atoms. The highest BCUT2D eigenvalue weighted by molar-refractivity contribution is 7.87. The molecular weight excluding hydrogens is 321 g/mol. The summed E-state index contributed by atoms with van der Waals surface area (Å²) in [4.78, 5) is 4.33.